The van der Waals surface area contributed by atoms with Crippen LogP contribution in [0.1, 0.15) is 5.56 Å². The van der Waals surface area contributed by atoms with Gasteiger partial charge in [0.15, 0.2) is 0 Å². The summed E-state index contributed by atoms with van der Waals surface area (Å²) in [5, 5.41) is 12.4. The lowest BCUT2D eigenvalue weighted by Gasteiger charge is -2.22. The van der Waals surface area contributed by atoms with Crippen molar-refractivity contribution in [3.63, 3.8) is 0 Å². The third kappa shape index (κ3) is 2.37. The highest BCUT2D eigenvalue weighted by Gasteiger charge is 2.30. The van der Waals surface area contributed by atoms with Gasteiger partial charge in [0.25, 0.3) is 0 Å². The van der Waals surface area contributed by atoms with Gasteiger partial charge in [-0.3, -0.25) is 10.3 Å². The van der Waals surface area contributed by atoms with Gasteiger partial charge < -0.3 is 10.0 Å². The van der Waals surface area contributed by atoms with Crippen molar-refractivity contribution in [2.24, 2.45) is 4.99 Å². The zero-order chi connectivity index (χ0) is 13.2. The number of aliphatic carboxylic acids is 1. The number of rotatable bonds is 3. The molecule has 5 nitrogen and oxygen atoms in total. The average Bonchev–Trinajstić information content (AvgIpc) is 2.82. The summed E-state index contributed by atoms with van der Waals surface area (Å²) in [6, 6.07) is 10.3. The minimum absolute atomic E-state index is 0.145. The zero-order valence-electron chi connectivity index (χ0n) is 10.4. The van der Waals surface area contributed by atoms with E-state index >= 15 is 0 Å². The lowest BCUT2D eigenvalue weighted by molar-refractivity contribution is -0.129. The van der Waals surface area contributed by atoms with E-state index in [1.54, 1.807) is 6.08 Å². The molecule has 0 bridgehead atoms. The highest BCUT2D eigenvalue weighted by Crippen LogP contribution is 2.22. The molecule has 2 N–H and O–H groups in total. The summed E-state index contributed by atoms with van der Waals surface area (Å²) in [6.07, 6.45) is 1.68. The number of hydrogen-bond acceptors (Lipinski definition) is 4. The third-order valence-electron chi connectivity index (χ3n) is 3.41. The van der Waals surface area contributed by atoms with Gasteiger partial charge in [-0.05, 0) is 11.6 Å². The van der Waals surface area contributed by atoms with Crippen LogP contribution >= 0.6 is 0 Å². The van der Waals surface area contributed by atoms with Crippen LogP contribution in [0.3, 0.4) is 0 Å². The molecule has 2 aliphatic rings. The quantitative estimate of drug-likeness (QED) is 0.842. The Morgan fingerprint density at radius 3 is 2.95 bits per heavy atom. The molecule has 2 heterocycles. The molecular weight excluding hydrogens is 242 g/mol. The summed E-state index contributed by atoms with van der Waals surface area (Å²) in [5.74, 6) is -0.961. The lowest BCUT2D eigenvalue weighted by atomic mass is 10.1. The van der Waals surface area contributed by atoms with Crippen molar-refractivity contribution >= 4 is 11.7 Å². The second-order valence-corrected chi connectivity index (χ2v) is 4.70. The lowest BCUT2D eigenvalue weighted by Crippen LogP contribution is -2.31. The summed E-state index contributed by atoms with van der Waals surface area (Å²) in [6.45, 7) is 2.01. The molecule has 0 spiro atoms. The summed E-state index contributed by atoms with van der Waals surface area (Å²) in [7, 11) is 0. The molecule has 0 aliphatic carbocycles. The van der Waals surface area contributed by atoms with Crippen LogP contribution in [-0.2, 0) is 11.3 Å². The first-order chi connectivity index (χ1) is 9.24. The molecule has 1 fully saturated rings. The molecule has 2 aliphatic heterocycles. The molecule has 98 valence electrons. The molecule has 1 aromatic carbocycles. The van der Waals surface area contributed by atoms with Crippen molar-refractivity contribution in [2.75, 3.05) is 13.2 Å². The van der Waals surface area contributed by atoms with Crippen molar-refractivity contribution in [3.05, 3.63) is 47.7 Å². The van der Waals surface area contributed by atoms with Gasteiger partial charge in [-0.15, -0.1) is 0 Å². The van der Waals surface area contributed by atoms with Crippen LogP contribution < -0.4 is 5.32 Å². The summed E-state index contributed by atoms with van der Waals surface area (Å²) in [4.78, 5) is 17.2. The Kier molecular flexibility index (Phi) is 3.05. The molecule has 1 aromatic rings. The molecule has 1 atom stereocenters. The van der Waals surface area contributed by atoms with Gasteiger partial charge in [0.05, 0.1) is 19.3 Å². The topological polar surface area (TPSA) is 64.9 Å². The highest BCUT2D eigenvalue weighted by molar-refractivity contribution is 6.40. The van der Waals surface area contributed by atoms with Crippen molar-refractivity contribution in [3.8, 4) is 0 Å². The third-order valence-corrected chi connectivity index (χ3v) is 3.41. The summed E-state index contributed by atoms with van der Waals surface area (Å²) in [5.41, 5.74) is 2.38. The number of nitrogens with one attached hydrogen (secondary N) is 1. The van der Waals surface area contributed by atoms with Crippen LogP contribution in [0.5, 0.6) is 0 Å². The predicted octanol–water partition coefficient (Wildman–Crippen LogP) is 0.841. The van der Waals surface area contributed by atoms with Crippen molar-refractivity contribution < 1.29 is 9.90 Å². The second-order valence-electron chi connectivity index (χ2n) is 4.70. The fourth-order valence-electron chi connectivity index (χ4n) is 2.44. The molecule has 5 heteroatoms. The zero-order valence-corrected chi connectivity index (χ0v) is 10.4. The van der Waals surface area contributed by atoms with Crippen LogP contribution in [0.4, 0.5) is 0 Å². The van der Waals surface area contributed by atoms with Crippen LogP contribution in [0.2, 0.25) is 0 Å². The molecule has 0 amide bonds. The number of nitrogens with zero attached hydrogens (tertiary/aromatic N) is 2. The first-order valence-corrected chi connectivity index (χ1v) is 6.25. The molecule has 1 saturated heterocycles. The Morgan fingerprint density at radius 2 is 2.21 bits per heavy atom. The minimum atomic E-state index is -0.961. The standard InChI is InChI=1S/C14H15N3O2/c18-14(19)11-6-13-12(7-15-11)16-9-17(13)8-10-4-2-1-3-5-10/h1-6,12,16H,7-9H2,(H,18,19). The number of carboxylic acid groups (broad SMARTS) is 1. The van der Waals surface area contributed by atoms with E-state index in [0.29, 0.717) is 6.54 Å². The van der Waals surface area contributed by atoms with Crippen LogP contribution in [0, 0.1) is 0 Å². The molecule has 0 radical (unpaired) electrons. The number of dihydropyridines is 1. The first kappa shape index (κ1) is 11.9. The van der Waals surface area contributed by atoms with E-state index < -0.39 is 5.97 Å². The summed E-state index contributed by atoms with van der Waals surface area (Å²) < 4.78 is 0. The highest BCUT2D eigenvalue weighted by atomic mass is 16.4. The van der Waals surface area contributed by atoms with Crippen LogP contribution in [-0.4, -0.2) is 40.9 Å². The molecular formula is C14H15N3O2. The Labute approximate surface area is 111 Å². The molecule has 1 unspecified atom stereocenters. The summed E-state index contributed by atoms with van der Waals surface area (Å²) >= 11 is 0. The fraction of sp³-hybridized carbons (Fsp3) is 0.286. The number of carboxylic acids is 1. The molecule has 0 saturated carbocycles. The number of carbonyl (C=O) groups is 1. The van der Waals surface area contributed by atoms with Gasteiger partial charge in [-0.1, -0.05) is 30.3 Å². The van der Waals surface area contributed by atoms with E-state index in [0.717, 1.165) is 18.9 Å². The minimum Gasteiger partial charge on any atom is -0.477 e. The van der Waals surface area contributed by atoms with Gasteiger partial charge in [0.2, 0.25) is 0 Å². The smallest absolute Gasteiger partial charge is 0.354 e. The molecule has 19 heavy (non-hydrogen) atoms. The number of benzene rings is 1. The van der Waals surface area contributed by atoms with Crippen molar-refractivity contribution in [1.29, 1.82) is 0 Å². The van der Waals surface area contributed by atoms with Gasteiger partial charge in [-0.2, -0.15) is 0 Å². The largest absolute Gasteiger partial charge is 0.477 e. The van der Waals surface area contributed by atoms with Gasteiger partial charge >= 0.3 is 5.97 Å². The Balaban J connectivity index is 1.80. The molecule has 0 aromatic heterocycles. The second kappa shape index (κ2) is 4.85. The van der Waals surface area contributed by atoms with Gasteiger partial charge in [0, 0.05) is 12.2 Å². The predicted molar refractivity (Wildman–Crippen MR) is 71.8 cm³/mol. The maximum absolute atomic E-state index is 11.0. The van der Waals surface area contributed by atoms with Crippen molar-refractivity contribution in [1.82, 2.24) is 10.2 Å². The monoisotopic (exact) mass is 257 g/mol. The van der Waals surface area contributed by atoms with Crippen LogP contribution in [0.25, 0.3) is 0 Å². The van der Waals surface area contributed by atoms with Gasteiger partial charge in [0.1, 0.15) is 5.71 Å². The van der Waals surface area contributed by atoms with Crippen LogP contribution in [0.15, 0.2) is 47.1 Å². The maximum Gasteiger partial charge on any atom is 0.354 e. The van der Waals surface area contributed by atoms with E-state index in [1.165, 1.54) is 5.56 Å². The normalized spacial score (nSPS) is 21.7. The maximum atomic E-state index is 11.0. The van der Waals surface area contributed by atoms with Crippen molar-refractivity contribution in [2.45, 2.75) is 12.6 Å². The van der Waals surface area contributed by atoms with E-state index in [9.17, 15) is 4.79 Å². The Bertz CT molecular complexity index is 551. The van der Waals surface area contributed by atoms with E-state index in [-0.39, 0.29) is 11.8 Å². The number of hydrogen-bond donors (Lipinski definition) is 2. The fourth-order valence-corrected chi connectivity index (χ4v) is 2.44. The Hall–Kier alpha value is -2.14. The first-order valence-electron chi connectivity index (χ1n) is 6.25. The van der Waals surface area contributed by atoms with E-state index in [1.807, 2.05) is 18.2 Å². The average molecular weight is 257 g/mol. The SMILES string of the molecule is O=C(O)C1=NCC2NCN(Cc3ccccc3)C2=C1. The number of aliphatic imine (C=N–C) groups is 1. The Morgan fingerprint density at radius 1 is 1.42 bits per heavy atom. The van der Waals surface area contributed by atoms with Gasteiger partial charge in [-0.25, -0.2) is 4.79 Å². The number of fused-ring (bicyclic) bond motifs is 1. The van der Waals surface area contributed by atoms with E-state index in [4.69, 9.17) is 5.11 Å². The van der Waals surface area contributed by atoms with E-state index in [2.05, 4.69) is 27.3 Å². The molecule has 3 rings (SSSR count).